The first-order valence-corrected chi connectivity index (χ1v) is 5.78. The normalized spacial score (nSPS) is 10.1. The van der Waals surface area contributed by atoms with Gasteiger partial charge in [-0.2, -0.15) is 0 Å². The average Bonchev–Trinajstić information content (AvgIpc) is 2.34. The molecule has 0 aliphatic heterocycles. The first-order chi connectivity index (χ1) is 8.65. The largest absolute Gasteiger partial charge is 0.377 e. The van der Waals surface area contributed by atoms with Gasteiger partial charge in [-0.3, -0.25) is 4.79 Å². The molecular weight excluding hydrogens is 234 g/mol. The van der Waals surface area contributed by atoms with Crippen LogP contribution in [-0.2, 0) is 16.1 Å². The zero-order valence-electron chi connectivity index (χ0n) is 10.7. The fourth-order valence-electron chi connectivity index (χ4n) is 1.30. The third kappa shape index (κ3) is 4.96. The summed E-state index contributed by atoms with van der Waals surface area (Å²) in [4.78, 5) is 19.2. The Morgan fingerprint density at radius 2 is 2.06 bits per heavy atom. The Morgan fingerprint density at radius 3 is 2.61 bits per heavy atom. The summed E-state index contributed by atoms with van der Waals surface area (Å²) in [6.07, 6.45) is 0.994. The SMILES string of the molecule is CCCNc1cc(NCC(N)=O)nc(COC)n1. The van der Waals surface area contributed by atoms with E-state index in [2.05, 4.69) is 27.5 Å². The maximum atomic E-state index is 10.7. The standard InChI is InChI=1S/C11H19N5O2/c1-3-4-13-9-5-10(14-6-8(12)17)16-11(15-9)7-18-2/h5H,3-4,6-7H2,1-2H3,(H2,12,17)(H2,13,14,15,16). The smallest absolute Gasteiger partial charge is 0.236 e. The number of anilines is 2. The summed E-state index contributed by atoms with van der Waals surface area (Å²) in [6, 6.07) is 1.73. The van der Waals surface area contributed by atoms with E-state index in [0.29, 0.717) is 24.1 Å². The van der Waals surface area contributed by atoms with E-state index >= 15 is 0 Å². The molecule has 0 unspecified atom stereocenters. The molecule has 0 saturated carbocycles. The van der Waals surface area contributed by atoms with E-state index in [1.54, 1.807) is 13.2 Å². The lowest BCUT2D eigenvalue weighted by molar-refractivity contribution is -0.116. The maximum Gasteiger partial charge on any atom is 0.236 e. The Hall–Kier alpha value is -1.89. The van der Waals surface area contributed by atoms with Crippen molar-refractivity contribution in [3.8, 4) is 0 Å². The van der Waals surface area contributed by atoms with Gasteiger partial charge in [-0.25, -0.2) is 9.97 Å². The van der Waals surface area contributed by atoms with Crippen LogP contribution in [0, 0.1) is 0 Å². The maximum absolute atomic E-state index is 10.7. The Morgan fingerprint density at radius 1 is 1.39 bits per heavy atom. The fourth-order valence-corrected chi connectivity index (χ4v) is 1.30. The molecular formula is C11H19N5O2. The number of hydrogen-bond acceptors (Lipinski definition) is 6. The first kappa shape index (κ1) is 14.2. The number of carbonyl (C=O) groups is 1. The number of primary amides is 1. The zero-order chi connectivity index (χ0) is 13.4. The highest BCUT2D eigenvalue weighted by Crippen LogP contribution is 2.11. The number of nitrogens with two attached hydrogens (primary N) is 1. The predicted molar refractivity (Wildman–Crippen MR) is 69.2 cm³/mol. The zero-order valence-corrected chi connectivity index (χ0v) is 10.7. The second-order valence-corrected chi connectivity index (χ2v) is 3.73. The van der Waals surface area contributed by atoms with Crippen LogP contribution in [0.4, 0.5) is 11.6 Å². The van der Waals surface area contributed by atoms with Crippen molar-refractivity contribution < 1.29 is 9.53 Å². The van der Waals surface area contributed by atoms with E-state index in [0.717, 1.165) is 13.0 Å². The minimum absolute atomic E-state index is 0.0383. The van der Waals surface area contributed by atoms with Crippen molar-refractivity contribution in [1.29, 1.82) is 0 Å². The molecule has 18 heavy (non-hydrogen) atoms. The number of methoxy groups -OCH3 is 1. The molecule has 1 amide bonds. The highest BCUT2D eigenvalue weighted by Gasteiger charge is 2.05. The van der Waals surface area contributed by atoms with E-state index in [-0.39, 0.29) is 6.54 Å². The van der Waals surface area contributed by atoms with Crippen LogP contribution in [0.3, 0.4) is 0 Å². The van der Waals surface area contributed by atoms with Gasteiger partial charge in [0.05, 0.1) is 6.54 Å². The highest BCUT2D eigenvalue weighted by molar-refractivity contribution is 5.78. The van der Waals surface area contributed by atoms with Gasteiger partial charge in [0, 0.05) is 19.7 Å². The Kier molecular flexibility index (Phi) is 5.86. The molecule has 100 valence electrons. The number of carbonyl (C=O) groups excluding carboxylic acids is 1. The summed E-state index contributed by atoms with van der Waals surface area (Å²) in [7, 11) is 1.58. The number of nitrogens with one attached hydrogen (secondary N) is 2. The molecule has 0 atom stereocenters. The van der Waals surface area contributed by atoms with E-state index in [1.807, 2.05) is 0 Å². The molecule has 0 aliphatic rings. The first-order valence-electron chi connectivity index (χ1n) is 5.78. The van der Waals surface area contributed by atoms with Crippen LogP contribution in [0.2, 0.25) is 0 Å². The molecule has 0 aliphatic carbocycles. The van der Waals surface area contributed by atoms with Crippen LogP contribution >= 0.6 is 0 Å². The Bertz CT molecular complexity index is 397. The van der Waals surface area contributed by atoms with E-state index in [4.69, 9.17) is 10.5 Å². The van der Waals surface area contributed by atoms with Gasteiger partial charge in [-0.05, 0) is 6.42 Å². The van der Waals surface area contributed by atoms with Crippen LogP contribution in [0.15, 0.2) is 6.07 Å². The summed E-state index contributed by atoms with van der Waals surface area (Å²) in [5, 5.41) is 6.00. The molecule has 1 aromatic rings. The number of aromatic nitrogens is 2. The number of amides is 1. The minimum Gasteiger partial charge on any atom is -0.377 e. The summed E-state index contributed by atoms with van der Waals surface area (Å²) in [6.45, 7) is 3.23. The van der Waals surface area contributed by atoms with Gasteiger partial charge in [-0.15, -0.1) is 0 Å². The number of hydrogen-bond donors (Lipinski definition) is 3. The van der Waals surface area contributed by atoms with Crippen LogP contribution in [0.5, 0.6) is 0 Å². The van der Waals surface area contributed by atoms with Crippen molar-refractivity contribution in [2.24, 2.45) is 5.73 Å². The molecule has 1 rings (SSSR count). The molecule has 0 fully saturated rings. The summed E-state index contributed by atoms with van der Waals surface area (Å²) >= 11 is 0. The molecule has 0 saturated heterocycles. The molecule has 7 nitrogen and oxygen atoms in total. The van der Waals surface area contributed by atoms with Crippen molar-refractivity contribution in [2.45, 2.75) is 20.0 Å². The molecule has 1 heterocycles. The van der Waals surface area contributed by atoms with Crippen molar-refractivity contribution in [2.75, 3.05) is 30.8 Å². The Balaban J connectivity index is 2.79. The van der Waals surface area contributed by atoms with Crippen LogP contribution < -0.4 is 16.4 Å². The molecule has 0 bridgehead atoms. The van der Waals surface area contributed by atoms with Gasteiger partial charge in [0.25, 0.3) is 0 Å². The van der Waals surface area contributed by atoms with Crippen molar-refractivity contribution >= 4 is 17.5 Å². The predicted octanol–water partition coefficient (Wildman–Crippen LogP) is 0.342. The van der Waals surface area contributed by atoms with Crippen LogP contribution in [0.25, 0.3) is 0 Å². The average molecular weight is 253 g/mol. The molecule has 0 spiro atoms. The number of nitrogens with zero attached hydrogens (tertiary/aromatic N) is 2. The number of rotatable bonds is 8. The van der Waals surface area contributed by atoms with Gasteiger partial charge in [0.2, 0.25) is 5.91 Å². The van der Waals surface area contributed by atoms with Gasteiger partial charge in [0.15, 0.2) is 5.82 Å². The van der Waals surface area contributed by atoms with Gasteiger partial charge in [-0.1, -0.05) is 6.92 Å². The van der Waals surface area contributed by atoms with Crippen molar-refractivity contribution in [3.63, 3.8) is 0 Å². The molecule has 1 aromatic heterocycles. The minimum atomic E-state index is -0.440. The summed E-state index contributed by atoms with van der Waals surface area (Å²) < 4.78 is 5.00. The Labute approximate surface area is 106 Å². The lowest BCUT2D eigenvalue weighted by Crippen LogP contribution is -2.22. The topological polar surface area (TPSA) is 102 Å². The second-order valence-electron chi connectivity index (χ2n) is 3.73. The quantitative estimate of drug-likeness (QED) is 0.617. The number of ether oxygens (including phenoxy) is 1. The molecule has 0 radical (unpaired) electrons. The van der Waals surface area contributed by atoms with Crippen molar-refractivity contribution in [3.05, 3.63) is 11.9 Å². The molecule has 0 aromatic carbocycles. The van der Waals surface area contributed by atoms with Gasteiger partial charge in [0.1, 0.15) is 18.2 Å². The monoisotopic (exact) mass is 253 g/mol. The van der Waals surface area contributed by atoms with Crippen LogP contribution in [-0.4, -0.2) is 36.1 Å². The lowest BCUT2D eigenvalue weighted by atomic mass is 10.4. The van der Waals surface area contributed by atoms with Crippen molar-refractivity contribution in [1.82, 2.24) is 9.97 Å². The highest BCUT2D eigenvalue weighted by atomic mass is 16.5. The molecule has 7 heteroatoms. The van der Waals surface area contributed by atoms with E-state index in [9.17, 15) is 4.79 Å². The van der Waals surface area contributed by atoms with Gasteiger partial charge < -0.3 is 21.1 Å². The summed E-state index contributed by atoms with van der Waals surface area (Å²) in [5.41, 5.74) is 5.07. The second kappa shape index (κ2) is 7.44. The van der Waals surface area contributed by atoms with E-state index < -0.39 is 5.91 Å². The lowest BCUT2D eigenvalue weighted by Gasteiger charge is -2.09. The summed E-state index contributed by atoms with van der Waals surface area (Å²) in [5.74, 6) is 1.36. The van der Waals surface area contributed by atoms with E-state index in [1.165, 1.54) is 0 Å². The fraction of sp³-hybridized carbons (Fsp3) is 0.545. The third-order valence-electron chi connectivity index (χ3n) is 2.05. The van der Waals surface area contributed by atoms with Crippen LogP contribution in [0.1, 0.15) is 19.2 Å². The molecule has 4 N–H and O–H groups in total. The van der Waals surface area contributed by atoms with Gasteiger partial charge >= 0.3 is 0 Å². The third-order valence-corrected chi connectivity index (χ3v) is 2.05.